The van der Waals surface area contributed by atoms with E-state index in [2.05, 4.69) is 5.32 Å². The second-order valence-corrected chi connectivity index (χ2v) is 4.87. The Morgan fingerprint density at radius 1 is 1.05 bits per heavy atom. The maximum atomic E-state index is 13.0. The Balaban J connectivity index is 1.88. The van der Waals surface area contributed by atoms with E-state index in [1.54, 1.807) is 12.1 Å². The Morgan fingerprint density at radius 3 is 2.48 bits per heavy atom. The van der Waals surface area contributed by atoms with E-state index in [4.69, 9.17) is 5.73 Å². The van der Waals surface area contributed by atoms with Crippen molar-refractivity contribution in [3.63, 3.8) is 0 Å². The van der Waals surface area contributed by atoms with Gasteiger partial charge in [-0.3, -0.25) is 4.79 Å². The molecule has 0 aliphatic carbocycles. The van der Waals surface area contributed by atoms with Gasteiger partial charge in [0.15, 0.2) is 0 Å². The van der Waals surface area contributed by atoms with Crippen molar-refractivity contribution >= 4 is 5.91 Å². The first-order valence-corrected chi connectivity index (χ1v) is 7.00. The van der Waals surface area contributed by atoms with Crippen LogP contribution in [-0.4, -0.2) is 19.0 Å². The van der Waals surface area contributed by atoms with E-state index in [0.717, 1.165) is 17.5 Å². The van der Waals surface area contributed by atoms with Gasteiger partial charge in [-0.15, -0.1) is 0 Å². The Morgan fingerprint density at radius 2 is 1.76 bits per heavy atom. The molecule has 0 radical (unpaired) electrons. The van der Waals surface area contributed by atoms with Crippen LogP contribution < -0.4 is 11.1 Å². The average molecular weight is 286 g/mol. The first kappa shape index (κ1) is 15.2. The maximum absolute atomic E-state index is 13.0. The van der Waals surface area contributed by atoms with Gasteiger partial charge < -0.3 is 11.1 Å². The molecule has 21 heavy (non-hydrogen) atoms. The van der Waals surface area contributed by atoms with Crippen LogP contribution in [0.5, 0.6) is 0 Å². The minimum Gasteiger partial charge on any atom is -0.352 e. The van der Waals surface area contributed by atoms with Gasteiger partial charge >= 0.3 is 0 Å². The number of hydrogen-bond acceptors (Lipinski definition) is 2. The van der Waals surface area contributed by atoms with Crippen LogP contribution >= 0.6 is 0 Å². The lowest BCUT2D eigenvalue weighted by atomic mass is 10.1. The van der Waals surface area contributed by atoms with Crippen molar-refractivity contribution in [3.05, 3.63) is 71.0 Å². The molecular weight excluding hydrogens is 267 g/mol. The molecule has 0 aliphatic rings. The maximum Gasteiger partial charge on any atom is 0.251 e. The standard InChI is InChI=1S/C17H19FN2O/c18-16-6-2-4-14(12-16)8-10-20-17(21)15-5-1-3-13(11-15)7-9-19/h1-6,11-12H,7-10,19H2,(H,20,21). The van der Waals surface area contributed by atoms with E-state index in [1.165, 1.54) is 12.1 Å². The Bertz CT molecular complexity index is 613. The molecule has 0 saturated heterocycles. The summed E-state index contributed by atoms with van der Waals surface area (Å²) in [4.78, 5) is 12.0. The van der Waals surface area contributed by atoms with Gasteiger partial charge in [0.25, 0.3) is 5.91 Å². The van der Waals surface area contributed by atoms with E-state index in [1.807, 2.05) is 24.3 Å². The quantitative estimate of drug-likeness (QED) is 0.856. The third-order valence-corrected chi connectivity index (χ3v) is 3.21. The zero-order valence-corrected chi connectivity index (χ0v) is 11.8. The predicted molar refractivity (Wildman–Crippen MR) is 81.6 cm³/mol. The van der Waals surface area contributed by atoms with Crippen LogP contribution in [0.25, 0.3) is 0 Å². The molecule has 2 rings (SSSR count). The van der Waals surface area contributed by atoms with Crippen molar-refractivity contribution < 1.29 is 9.18 Å². The minimum absolute atomic E-state index is 0.120. The first-order valence-electron chi connectivity index (χ1n) is 7.00. The van der Waals surface area contributed by atoms with Gasteiger partial charge in [0.2, 0.25) is 0 Å². The van der Waals surface area contributed by atoms with E-state index in [0.29, 0.717) is 25.1 Å². The van der Waals surface area contributed by atoms with Crippen LogP contribution in [0, 0.1) is 5.82 Å². The summed E-state index contributed by atoms with van der Waals surface area (Å²) in [6.07, 6.45) is 1.36. The SMILES string of the molecule is NCCc1cccc(C(=O)NCCc2cccc(F)c2)c1. The molecule has 110 valence electrons. The second-order valence-electron chi connectivity index (χ2n) is 4.87. The van der Waals surface area contributed by atoms with Crippen LogP contribution in [0.1, 0.15) is 21.5 Å². The molecule has 4 heteroatoms. The normalized spacial score (nSPS) is 10.4. The number of amides is 1. The zero-order valence-electron chi connectivity index (χ0n) is 11.8. The summed E-state index contributed by atoms with van der Waals surface area (Å²) in [7, 11) is 0. The summed E-state index contributed by atoms with van der Waals surface area (Å²) >= 11 is 0. The van der Waals surface area contributed by atoms with Crippen molar-refractivity contribution in [2.24, 2.45) is 5.73 Å². The molecule has 0 heterocycles. The lowest BCUT2D eigenvalue weighted by Gasteiger charge is -2.07. The lowest BCUT2D eigenvalue weighted by Crippen LogP contribution is -2.25. The summed E-state index contributed by atoms with van der Waals surface area (Å²) in [6.45, 7) is 1.04. The summed E-state index contributed by atoms with van der Waals surface area (Å²) in [5.74, 6) is -0.376. The van der Waals surface area contributed by atoms with Crippen LogP contribution in [0.3, 0.4) is 0 Å². The molecule has 3 N–H and O–H groups in total. The third-order valence-electron chi connectivity index (χ3n) is 3.21. The molecular formula is C17H19FN2O. The van der Waals surface area contributed by atoms with Gasteiger partial charge in [0, 0.05) is 12.1 Å². The third kappa shape index (κ3) is 4.68. The minimum atomic E-state index is -0.256. The van der Waals surface area contributed by atoms with Crippen LogP contribution in [0.2, 0.25) is 0 Å². The molecule has 1 amide bonds. The monoisotopic (exact) mass is 286 g/mol. The summed E-state index contributed by atoms with van der Waals surface area (Å²) in [6, 6.07) is 13.8. The largest absolute Gasteiger partial charge is 0.352 e. The first-order chi connectivity index (χ1) is 10.2. The number of halogens is 1. The highest BCUT2D eigenvalue weighted by molar-refractivity contribution is 5.94. The summed E-state index contributed by atoms with van der Waals surface area (Å²) in [5, 5.41) is 2.84. The molecule has 0 unspecified atom stereocenters. The van der Waals surface area contributed by atoms with Crippen LogP contribution in [0.15, 0.2) is 48.5 Å². The number of carbonyl (C=O) groups excluding carboxylic acids is 1. The molecule has 2 aromatic carbocycles. The number of nitrogens with one attached hydrogen (secondary N) is 1. The van der Waals surface area contributed by atoms with Gasteiger partial charge in [-0.25, -0.2) is 4.39 Å². The van der Waals surface area contributed by atoms with Crippen molar-refractivity contribution in [2.75, 3.05) is 13.1 Å². The topological polar surface area (TPSA) is 55.1 Å². The van der Waals surface area contributed by atoms with Crippen molar-refractivity contribution in [3.8, 4) is 0 Å². The van der Waals surface area contributed by atoms with Crippen LogP contribution in [0.4, 0.5) is 4.39 Å². The molecule has 0 fully saturated rings. The molecule has 0 saturated carbocycles. The highest BCUT2D eigenvalue weighted by Crippen LogP contribution is 2.06. The highest BCUT2D eigenvalue weighted by Gasteiger charge is 2.05. The van der Waals surface area contributed by atoms with Gasteiger partial charge in [-0.05, 0) is 54.8 Å². The highest BCUT2D eigenvalue weighted by atomic mass is 19.1. The summed E-state index contributed by atoms with van der Waals surface area (Å²) in [5.41, 5.74) is 8.06. The molecule has 0 bridgehead atoms. The van der Waals surface area contributed by atoms with Gasteiger partial charge in [0.05, 0.1) is 0 Å². The fourth-order valence-electron chi connectivity index (χ4n) is 2.15. The molecule has 2 aromatic rings. The number of hydrogen-bond donors (Lipinski definition) is 2. The molecule has 3 nitrogen and oxygen atoms in total. The fourth-order valence-corrected chi connectivity index (χ4v) is 2.15. The molecule has 0 atom stereocenters. The van der Waals surface area contributed by atoms with E-state index < -0.39 is 0 Å². The Hall–Kier alpha value is -2.20. The smallest absolute Gasteiger partial charge is 0.251 e. The lowest BCUT2D eigenvalue weighted by molar-refractivity contribution is 0.0954. The fraction of sp³-hybridized carbons (Fsp3) is 0.235. The van der Waals surface area contributed by atoms with E-state index >= 15 is 0 Å². The zero-order chi connectivity index (χ0) is 15.1. The van der Waals surface area contributed by atoms with Crippen molar-refractivity contribution in [2.45, 2.75) is 12.8 Å². The molecule has 0 aromatic heterocycles. The van der Waals surface area contributed by atoms with Crippen LogP contribution in [-0.2, 0) is 12.8 Å². The van der Waals surface area contributed by atoms with Gasteiger partial charge in [-0.1, -0.05) is 24.3 Å². The number of carbonyl (C=O) groups is 1. The average Bonchev–Trinajstić information content (AvgIpc) is 2.48. The Kier molecular flexibility index (Phi) is 5.46. The molecule has 0 spiro atoms. The summed E-state index contributed by atoms with van der Waals surface area (Å²) < 4.78 is 13.0. The van der Waals surface area contributed by atoms with E-state index in [-0.39, 0.29) is 11.7 Å². The van der Waals surface area contributed by atoms with Gasteiger partial charge in [-0.2, -0.15) is 0 Å². The predicted octanol–water partition coefficient (Wildman–Crippen LogP) is 2.30. The second kappa shape index (κ2) is 7.55. The van der Waals surface area contributed by atoms with Crippen molar-refractivity contribution in [1.82, 2.24) is 5.32 Å². The van der Waals surface area contributed by atoms with Gasteiger partial charge in [0.1, 0.15) is 5.82 Å². The van der Waals surface area contributed by atoms with E-state index in [9.17, 15) is 9.18 Å². The number of nitrogens with two attached hydrogens (primary N) is 1. The van der Waals surface area contributed by atoms with Crippen molar-refractivity contribution in [1.29, 1.82) is 0 Å². The Labute approximate surface area is 124 Å². The number of benzene rings is 2. The number of rotatable bonds is 6. The molecule has 0 aliphatic heterocycles.